The first kappa shape index (κ1) is 17.2. The van der Waals surface area contributed by atoms with Crippen LogP contribution in [-0.4, -0.2) is 28.4 Å². The Morgan fingerprint density at radius 3 is 2.41 bits per heavy atom. The average molecular weight is 360 g/mol. The molecule has 0 saturated carbocycles. The molecule has 0 amide bonds. The van der Waals surface area contributed by atoms with Gasteiger partial charge < -0.3 is 9.47 Å². The van der Waals surface area contributed by atoms with Crippen LogP contribution in [0.5, 0.6) is 0 Å². The van der Waals surface area contributed by atoms with Crippen LogP contribution in [0.4, 0.5) is 5.69 Å². The quantitative estimate of drug-likeness (QED) is 0.594. The van der Waals surface area contributed by atoms with Crippen molar-refractivity contribution in [3.05, 3.63) is 62.4 Å². The maximum atomic E-state index is 12.3. The van der Waals surface area contributed by atoms with Gasteiger partial charge in [-0.3, -0.25) is 14.6 Å². The van der Waals surface area contributed by atoms with E-state index in [1.54, 1.807) is 7.05 Å². The van der Waals surface area contributed by atoms with Crippen molar-refractivity contribution in [1.82, 2.24) is 14.3 Å². The minimum absolute atomic E-state index is 0.0653. The monoisotopic (exact) mass is 360 g/mol. The number of nitrogens with one attached hydrogen (secondary N) is 1. The molecule has 0 atom stereocenters. The molecule has 5 heteroatoms. The van der Waals surface area contributed by atoms with Crippen LogP contribution in [0.2, 0.25) is 0 Å². The number of rotatable bonds is 2. The number of nitrogens with zero attached hydrogens (tertiary/aromatic N) is 3. The maximum Gasteiger partial charge on any atom is 0.274 e. The van der Waals surface area contributed by atoms with E-state index in [4.69, 9.17) is 0 Å². The van der Waals surface area contributed by atoms with Crippen LogP contribution >= 0.6 is 0 Å². The van der Waals surface area contributed by atoms with E-state index in [-0.39, 0.29) is 5.56 Å². The summed E-state index contributed by atoms with van der Waals surface area (Å²) in [5.74, 6) is 0. The first-order valence-electron chi connectivity index (χ1n) is 8.93. The lowest BCUT2D eigenvalue weighted by molar-refractivity contribution is 0.732. The predicted octanol–water partition coefficient (Wildman–Crippen LogP) is 1.97. The summed E-state index contributed by atoms with van der Waals surface area (Å²) in [4.78, 5) is 14.4. The number of H-pyrrole nitrogens is 1. The van der Waals surface area contributed by atoms with E-state index in [1.807, 2.05) is 12.1 Å². The van der Waals surface area contributed by atoms with E-state index in [1.165, 1.54) is 37.7 Å². The van der Waals surface area contributed by atoms with Gasteiger partial charge in [0, 0.05) is 50.2 Å². The summed E-state index contributed by atoms with van der Waals surface area (Å²) < 4.78 is 3.68. The van der Waals surface area contributed by atoms with Crippen LogP contribution in [-0.2, 0) is 14.1 Å². The van der Waals surface area contributed by atoms with E-state index >= 15 is 0 Å². The van der Waals surface area contributed by atoms with Crippen molar-refractivity contribution >= 4 is 40.1 Å². The number of aromatic nitrogens is 3. The van der Waals surface area contributed by atoms with Gasteiger partial charge in [-0.15, -0.1) is 0 Å². The largest absolute Gasteiger partial charge is 0.377 e. The van der Waals surface area contributed by atoms with Gasteiger partial charge in [0.15, 0.2) is 0 Å². The Labute approximate surface area is 157 Å². The van der Waals surface area contributed by atoms with E-state index in [2.05, 4.69) is 73.5 Å². The topological polar surface area (TPSA) is 46.0 Å². The van der Waals surface area contributed by atoms with Crippen molar-refractivity contribution in [3.63, 3.8) is 0 Å². The van der Waals surface area contributed by atoms with Gasteiger partial charge in [0.1, 0.15) is 0 Å². The summed E-state index contributed by atoms with van der Waals surface area (Å²) >= 11 is 0. The normalized spacial score (nSPS) is 12.4. The first-order valence-corrected chi connectivity index (χ1v) is 8.93. The minimum Gasteiger partial charge on any atom is -0.377 e. The molecular weight excluding hydrogens is 336 g/mol. The second-order valence-corrected chi connectivity index (χ2v) is 7.40. The predicted molar refractivity (Wildman–Crippen MR) is 114 cm³/mol. The SMILES string of the molecule is C=c1[nH]n(C)c(=O)c1=Cc1ccc2c(c1)c1cc(C)c(N(C)C)cc1n2C. The fourth-order valence-electron chi connectivity index (χ4n) is 3.88. The zero-order valence-corrected chi connectivity index (χ0v) is 16.4. The third-order valence-electron chi connectivity index (χ3n) is 5.30. The fourth-order valence-corrected chi connectivity index (χ4v) is 3.88. The number of aromatic amines is 1. The lowest BCUT2D eigenvalue weighted by Crippen LogP contribution is -2.33. The molecule has 0 fully saturated rings. The summed E-state index contributed by atoms with van der Waals surface area (Å²) in [7, 11) is 7.93. The van der Waals surface area contributed by atoms with Crippen molar-refractivity contribution in [2.75, 3.05) is 19.0 Å². The first-order chi connectivity index (χ1) is 12.8. The highest BCUT2D eigenvalue weighted by molar-refractivity contribution is 6.09. The molecule has 0 radical (unpaired) electrons. The second-order valence-electron chi connectivity index (χ2n) is 7.40. The summed E-state index contributed by atoms with van der Waals surface area (Å²) in [5, 5.41) is 6.59. The Bertz CT molecular complexity index is 1370. The molecule has 2 aromatic heterocycles. The number of anilines is 1. The van der Waals surface area contributed by atoms with Crippen LogP contribution in [0.15, 0.2) is 35.1 Å². The zero-order valence-electron chi connectivity index (χ0n) is 16.4. The van der Waals surface area contributed by atoms with Gasteiger partial charge in [0.2, 0.25) is 0 Å². The van der Waals surface area contributed by atoms with E-state index in [9.17, 15) is 4.79 Å². The van der Waals surface area contributed by atoms with Gasteiger partial charge >= 0.3 is 0 Å². The molecule has 2 aromatic carbocycles. The Hall–Kier alpha value is -3.21. The molecule has 1 N–H and O–H groups in total. The number of hydrogen-bond acceptors (Lipinski definition) is 2. The van der Waals surface area contributed by atoms with Crippen molar-refractivity contribution in [1.29, 1.82) is 0 Å². The van der Waals surface area contributed by atoms with Crippen LogP contribution in [0.3, 0.4) is 0 Å². The van der Waals surface area contributed by atoms with Gasteiger partial charge in [-0.1, -0.05) is 12.6 Å². The minimum atomic E-state index is -0.0653. The summed E-state index contributed by atoms with van der Waals surface area (Å²) in [6.07, 6.45) is 1.90. The Balaban J connectivity index is 2.03. The summed E-state index contributed by atoms with van der Waals surface area (Å²) in [6.45, 7) is 6.08. The molecule has 0 aliphatic carbocycles. The molecule has 0 aliphatic heterocycles. The van der Waals surface area contributed by atoms with E-state index < -0.39 is 0 Å². The van der Waals surface area contributed by atoms with E-state index in [0.29, 0.717) is 10.6 Å². The fraction of sp³-hybridized carbons (Fsp3) is 0.227. The van der Waals surface area contributed by atoms with Crippen LogP contribution in [0.1, 0.15) is 11.1 Å². The highest BCUT2D eigenvalue weighted by atomic mass is 16.1. The molecule has 0 aliphatic rings. The number of benzene rings is 2. The average Bonchev–Trinajstić information content (AvgIpc) is 3.02. The van der Waals surface area contributed by atoms with Crippen molar-refractivity contribution < 1.29 is 0 Å². The highest BCUT2D eigenvalue weighted by Crippen LogP contribution is 2.33. The molecule has 0 spiro atoms. The third kappa shape index (κ3) is 2.58. The standard InChI is InChI=1S/C22H24N4O/c1-13-9-17-18-11-15(10-16-14(2)23-26(6)22(16)27)7-8-19(18)25(5)21(17)12-20(13)24(3)4/h7-12,23H,2H2,1,3-6H3. The van der Waals surface area contributed by atoms with Crippen molar-refractivity contribution in [2.45, 2.75) is 6.92 Å². The van der Waals surface area contributed by atoms with Crippen molar-refractivity contribution in [2.24, 2.45) is 14.1 Å². The summed E-state index contributed by atoms with van der Waals surface area (Å²) in [5.41, 5.74) is 5.77. The lowest BCUT2D eigenvalue weighted by Gasteiger charge is -2.16. The van der Waals surface area contributed by atoms with Crippen LogP contribution in [0, 0.1) is 6.92 Å². The zero-order chi connectivity index (χ0) is 19.5. The number of aryl methyl sites for hydroxylation is 3. The van der Waals surface area contributed by atoms with Gasteiger partial charge in [-0.2, -0.15) is 0 Å². The molecule has 0 bridgehead atoms. The van der Waals surface area contributed by atoms with Crippen LogP contribution < -0.4 is 21.0 Å². The molecule has 138 valence electrons. The van der Waals surface area contributed by atoms with Crippen LogP contribution in [0.25, 0.3) is 34.5 Å². The van der Waals surface area contributed by atoms with E-state index in [0.717, 1.165) is 5.56 Å². The Kier molecular flexibility index (Phi) is 3.77. The van der Waals surface area contributed by atoms with Gasteiger partial charge in [0.05, 0.1) is 16.1 Å². The molecule has 2 heterocycles. The Morgan fingerprint density at radius 2 is 1.78 bits per heavy atom. The summed E-state index contributed by atoms with van der Waals surface area (Å²) in [6, 6.07) is 10.8. The molecular formula is C22H24N4O. The molecule has 5 nitrogen and oxygen atoms in total. The lowest BCUT2D eigenvalue weighted by atomic mass is 10.1. The molecule has 0 unspecified atom stereocenters. The van der Waals surface area contributed by atoms with Gasteiger partial charge in [-0.25, -0.2) is 0 Å². The Morgan fingerprint density at radius 1 is 1.07 bits per heavy atom. The second kappa shape index (κ2) is 5.91. The molecule has 0 saturated heterocycles. The molecule has 27 heavy (non-hydrogen) atoms. The smallest absolute Gasteiger partial charge is 0.274 e. The maximum absolute atomic E-state index is 12.3. The highest BCUT2D eigenvalue weighted by Gasteiger charge is 2.12. The van der Waals surface area contributed by atoms with Crippen molar-refractivity contribution in [3.8, 4) is 0 Å². The van der Waals surface area contributed by atoms with Gasteiger partial charge in [0.25, 0.3) is 5.56 Å². The number of hydrogen-bond donors (Lipinski definition) is 1. The van der Waals surface area contributed by atoms with Gasteiger partial charge in [-0.05, 0) is 48.4 Å². The number of fused-ring (bicyclic) bond motifs is 3. The molecule has 4 aromatic rings. The molecule has 4 rings (SSSR count). The third-order valence-corrected chi connectivity index (χ3v) is 5.30.